The minimum absolute atomic E-state index is 0.400. The molecule has 0 bridgehead atoms. The van der Waals surface area contributed by atoms with E-state index in [0.717, 1.165) is 0 Å². The molecule has 0 saturated heterocycles. The number of halogens is 1. The normalized spacial score (nSPS) is 10.3. The summed E-state index contributed by atoms with van der Waals surface area (Å²) in [7, 11) is 1.66. The highest BCUT2D eigenvalue weighted by Gasteiger charge is 2.09. The summed E-state index contributed by atoms with van der Waals surface area (Å²) in [6, 6.07) is 3.93. The zero-order chi connectivity index (χ0) is 10.8. The van der Waals surface area contributed by atoms with Gasteiger partial charge in [0.2, 0.25) is 0 Å². The smallest absolute Gasteiger partial charge is 0.150 e. The molecular formula is C10H8FN3O. The third-order valence-corrected chi connectivity index (χ3v) is 2.02. The van der Waals surface area contributed by atoms with Gasteiger partial charge in [-0.3, -0.25) is 4.79 Å². The van der Waals surface area contributed by atoms with Crippen molar-refractivity contribution in [1.82, 2.24) is 15.0 Å². The van der Waals surface area contributed by atoms with E-state index in [4.69, 9.17) is 0 Å². The molecule has 5 heteroatoms. The van der Waals surface area contributed by atoms with Crippen molar-refractivity contribution in [2.45, 2.75) is 0 Å². The van der Waals surface area contributed by atoms with Crippen molar-refractivity contribution in [3.05, 3.63) is 35.8 Å². The van der Waals surface area contributed by atoms with Crippen LogP contribution in [0.2, 0.25) is 0 Å². The molecule has 4 nitrogen and oxygen atoms in total. The Morgan fingerprint density at radius 2 is 2.27 bits per heavy atom. The molecule has 0 aliphatic heterocycles. The van der Waals surface area contributed by atoms with Crippen molar-refractivity contribution in [3.8, 4) is 11.3 Å². The van der Waals surface area contributed by atoms with Gasteiger partial charge in [-0.05, 0) is 18.2 Å². The van der Waals surface area contributed by atoms with E-state index in [-0.39, 0.29) is 0 Å². The van der Waals surface area contributed by atoms with Gasteiger partial charge < -0.3 is 0 Å². The number of aldehydes is 1. The molecule has 0 radical (unpaired) electrons. The third kappa shape index (κ3) is 1.76. The van der Waals surface area contributed by atoms with Gasteiger partial charge in [0.05, 0.1) is 6.20 Å². The minimum Gasteiger partial charge on any atom is -0.298 e. The van der Waals surface area contributed by atoms with Crippen LogP contribution >= 0.6 is 0 Å². The largest absolute Gasteiger partial charge is 0.298 e. The van der Waals surface area contributed by atoms with E-state index in [0.29, 0.717) is 23.1 Å². The second kappa shape index (κ2) is 3.61. The Hall–Kier alpha value is -2.04. The average molecular weight is 205 g/mol. The summed E-state index contributed by atoms with van der Waals surface area (Å²) in [6.07, 6.45) is 2.16. The summed E-state index contributed by atoms with van der Waals surface area (Å²) in [4.78, 5) is 12.1. The monoisotopic (exact) mass is 205 g/mol. The lowest BCUT2D eigenvalue weighted by atomic mass is 10.1. The van der Waals surface area contributed by atoms with Gasteiger partial charge in [0, 0.05) is 18.2 Å². The Morgan fingerprint density at radius 3 is 2.87 bits per heavy atom. The fourth-order valence-corrected chi connectivity index (χ4v) is 1.32. The number of aromatic nitrogens is 3. The van der Waals surface area contributed by atoms with Crippen molar-refractivity contribution in [2.75, 3.05) is 0 Å². The van der Waals surface area contributed by atoms with Gasteiger partial charge in [-0.25, -0.2) is 4.39 Å². The van der Waals surface area contributed by atoms with E-state index in [9.17, 15) is 9.18 Å². The first-order valence-electron chi connectivity index (χ1n) is 4.32. The first kappa shape index (κ1) is 9.51. The molecule has 0 aliphatic rings. The topological polar surface area (TPSA) is 47.8 Å². The summed E-state index contributed by atoms with van der Waals surface area (Å²) in [5.74, 6) is -0.402. The molecule has 0 saturated carbocycles. The quantitative estimate of drug-likeness (QED) is 0.697. The fourth-order valence-electron chi connectivity index (χ4n) is 1.32. The highest BCUT2D eigenvalue weighted by molar-refractivity contribution is 5.86. The van der Waals surface area contributed by atoms with Crippen LogP contribution in [0.1, 0.15) is 10.4 Å². The van der Waals surface area contributed by atoms with Gasteiger partial charge in [0.25, 0.3) is 0 Å². The molecule has 1 aromatic heterocycles. The fraction of sp³-hybridized carbons (Fsp3) is 0.100. The lowest BCUT2D eigenvalue weighted by Crippen LogP contribution is -1.93. The predicted molar refractivity (Wildman–Crippen MR) is 51.8 cm³/mol. The Bertz CT molecular complexity index is 507. The summed E-state index contributed by atoms with van der Waals surface area (Å²) < 4.78 is 13.0. The zero-order valence-electron chi connectivity index (χ0n) is 8.01. The lowest BCUT2D eigenvalue weighted by Gasteiger charge is -2.00. The Labute approximate surface area is 85.3 Å². The van der Waals surface area contributed by atoms with E-state index in [1.165, 1.54) is 29.2 Å². The van der Waals surface area contributed by atoms with Crippen LogP contribution in [0.3, 0.4) is 0 Å². The van der Waals surface area contributed by atoms with Crippen molar-refractivity contribution in [3.63, 3.8) is 0 Å². The molecule has 76 valence electrons. The molecule has 15 heavy (non-hydrogen) atoms. The van der Waals surface area contributed by atoms with Crippen LogP contribution in [-0.2, 0) is 7.05 Å². The molecule has 0 unspecified atom stereocenters. The molecule has 0 aliphatic carbocycles. The maximum atomic E-state index is 13.0. The van der Waals surface area contributed by atoms with Crippen molar-refractivity contribution in [1.29, 1.82) is 0 Å². The number of aryl methyl sites for hydroxylation is 1. The zero-order valence-corrected chi connectivity index (χ0v) is 8.01. The Kier molecular flexibility index (Phi) is 2.29. The molecule has 0 atom stereocenters. The summed E-state index contributed by atoms with van der Waals surface area (Å²) in [6.45, 7) is 0. The van der Waals surface area contributed by atoms with Gasteiger partial charge in [0.1, 0.15) is 11.5 Å². The SMILES string of the molecule is Cn1ncc(-c2cc(F)ccc2C=O)n1. The van der Waals surface area contributed by atoms with Gasteiger partial charge in [-0.1, -0.05) is 0 Å². The first-order chi connectivity index (χ1) is 7.20. The molecule has 2 rings (SSSR count). The Morgan fingerprint density at radius 1 is 1.47 bits per heavy atom. The molecule has 0 N–H and O–H groups in total. The van der Waals surface area contributed by atoms with Crippen LogP contribution in [0.15, 0.2) is 24.4 Å². The predicted octanol–water partition coefficient (Wildman–Crippen LogP) is 1.43. The second-order valence-corrected chi connectivity index (χ2v) is 3.07. The summed E-state index contributed by atoms with van der Waals surface area (Å²) in [5, 5.41) is 7.88. The van der Waals surface area contributed by atoms with Crippen LogP contribution in [0.25, 0.3) is 11.3 Å². The maximum Gasteiger partial charge on any atom is 0.150 e. The molecule has 0 spiro atoms. The van der Waals surface area contributed by atoms with Crippen molar-refractivity contribution < 1.29 is 9.18 Å². The van der Waals surface area contributed by atoms with Crippen LogP contribution in [-0.4, -0.2) is 21.3 Å². The molecule has 0 fully saturated rings. The molecule has 0 amide bonds. The lowest BCUT2D eigenvalue weighted by molar-refractivity contribution is 0.112. The van der Waals surface area contributed by atoms with Gasteiger partial charge in [-0.2, -0.15) is 15.0 Å². The van der Waals surface area contributed by atoms with E-state index >= 15 is 0 Å². The highest BCUT2D eigenvalue weighted by atomic mass is 19.1. The third-order valence-electron chi connectivity index (χ3n) is 2.02. The number of nitrogens with zero attached hydrogens (tertiary/aromatic N) is 3. The molecule has 2 aromatic rings. The Balaban J connectivity index is 2.59. The number of hydrogen-bond acceptors (Lipinski definition) is 3. The maximum absolute atomic E-state index is 13.0. The molecular weight excluding hydrogens is 197 g/mol. The van der Waals surface area contributed by atoms with Gasteiger partial charge >= 0.3 is 0 Å². The number of hydrogen-bond donors (Lipinski definition) is 0. The summed E-state index contributed by atoms with van der Waals surface area (Å²) >= 11 is 0. The second-order valence-electron chi connectivity index (χ2n) is 3.07. The van der Waals surface area contributed by atoms with Crippen molar-refractivity contribution >= 4 is 6.29 Å². The number of carbonyl (C=O) groups is 1. The number of carbonyl (C=O) groups excluding carboxylic acids is 1. The van der Waals surface area contributed by atoms with Crippen LogP contribution < -0.4 is 0 Å². The van der Waals surface area contributed by atoms with Crippen LogP contribution in [0, 0.1) is 5.82 Å². The standard InChI is InChI=1S/C10H8FN3O/c1-14-12-5-10(13-14)9-4-8(11)3-2-7(9)6-15/h2-6H,1H3. The van der Waals surface area contributed by atoms with Crippen molar-refractivity contribution in [2.24, 2.45) is 7.05 Å². The van der Waals surface area contributed by atoms with Crippen LogP contribution in [0.4, 0.5) is 4.39 Å². The molecule has 1 heterocycles. The van der Waals surface area contributed by atoms with E-state index in [1.54, 1.807) is 7.05 Å². The van der Waals surface area contributed by atoms with Crippen LogP contribution in [0.5, 0.6) is 0 Å². The van der Waals surface area contributed by atoms with Gasteiger partial charge in [0.15, 0.2) is 6.29 Å². The average Bonchev–Trinajstić information content (AvgIpc) is 2.65. The van der Waals surface area contributed by atoms with E-state index in [1.807, 2.05) is 0 Å². The minimum atomic E-state index is -0.402. The highest BCUT2D eigenvalue weighted by Crippen LogP contribution is 2.20. The number of rotatable bonds is 2. The van der Waals surface area contributed by atoms with E-state index in [2.05, 4.69) is 10.2 Å². The first-order valence-corrected chi connectivity index (χ1v) is 4.32. The summed E-state index contributed by atoms with van der Waals surface area (Å²) in [5.41, 5.74) is 1.34. The van der Waals surface area contributed by atoms with Gasteiger partial charge in [-0.15, -0.1) is 0 Å². The molecule has 1 aromatic carbocycles. The van der Waals surface area contributed by atoms with E-state index < -0.39 is 5.82 Å². The number of benzene rings is 1.